The molecule has 3 aromatic rings. The summed E-state index contributed by atoms with van der Waals surface area (Å²) in [7, 11) is 0. The van der Waals surface area contributed by atoms with Crippen molar-refractivity contribution in [1.82, 2.24) is 30.0 Å². The summed E-state index contributed by atoms with van der Waals surface area (Å²) in [6.45, 7) is 7.25. The number of nitrogens with zero attached hydrogens (tertiary/aromatic N) is 6. The van der Waals surface area contributed by atoms with Gasteiger partial charge in [0, 0.05) is 24.8 Å². The smallest absolute Gasteiger partial charge is 0.410 e. The lowest BCUT2D eigenvalue weighted by molar-refractivity contribution is 0.0123. The summed E-state index contributed by atoms with van der Waals surface area (Å²) in [6, 6.07) is 4.17. The minimum atomic E-state index is -0.487. The number of hydrogen-bond acceptors (Lipinski definition) is 7. The van der Waals surface area contributed by atoms with Crippen molar-refractivity contribution in [2.24, 2.45) is 0 Å². The third-order valence-electron chi connectivity index (χ3n) is 5.65. The van der Waals surface area contributed by atoms with Crippen LogP contribution in [0.25, 0.3) is 22.6 Å². The van der Waals surface area contributed by atoms with E-state index in [2.05, 4.69) is 30.0 Å². The Bertz CT molecular complexity index is 1060. The highest BCUT2D eigenvalue weighted by atomic mass is 16.6. The summed E-state index contributed by atoms with van der Waals surface area (Å²) in [6.07, 6.45) is 6.89. The van der Waals surface area contributed by atoms with Crippen molar-refractivity contribution in [2.75, 3.05) is 18.0 Å². The molecule has 2 bridgehead atoms. The molecule has 0 spiro atoms. The third kappa shape index (κ3) is 3.34. The van der Waals surface area contributed by atoms with Crippen molar-refractivity contribution < 1.29 is 9.53 Å². The highest BCUT2D eigenvalue weighted by molar-refractivity contribution is 5.88. The molecule has 2 saturated heterocycles. The van der Waals surface area contributed by atoms with Crippen LogP contribution in [0.1, 0.15) is 33.6 Å². The zero-order valence-corrected chi connectivity index (χ0v) is 17.4. The van der Waals surface area contributed by atoms with Crippen molar-refractivity contribution in [2.45, 2.75) is 51.3 Å². The number of piperazine rings is 1. The Morgan fingerprint density at radius 3 is 2.57 bits per heavy atom. The van der Waals surface area contributed by atoms with Crippen LogP contribution in [0.5, 0.6) is 0 Å². The molecule has 2 unspecified atom stereocenters. The van der Waals surface area contributed by atoms with Gasteiger partial charge in [0.05, 0.1) is 30.2 Å². The van der Waals surface area contributed by atoms with Gasteiger partial charge in [-0.25, -0.2) is 14.8 Å². The molecule has 5 heterocycles. The molecule has 0 radical (unpaired) electrons. The minimum absolute atomic E-state index is 0.147. The molecule has 1 N–H and O–H groups in total. The van der Waals surface area contributed by atoms with Crippen molar-refractivity contribution in [3.63, 3.8) is 0 Å². The lowest BCUT2D eigenvalue weighted by atomic mass is 10.1. The molecule has 0 saturated carbocycles. The van der Waals surface area contributed by atoms with E-state index in [0.29, 0.717) is 5.65 Å². The van der Waals surface area contributed by atoms with E-state index in [1.165, 1.54) is 0 Å². The normalized spacial score (nSPS) is 21.3. The Morgan fingerprint density at radius 2 is 1.90 bits per heavy atom. The van der Waals surface area contributed by atoms with Gasteiger partial charge in [-0.05, 0) is 45.7 Å². The highest BCUT2D eigenvalue weighted by Gasteiger charge is 2.44. The number of fused-ring (bicyclic) bond motifs is 3. The summed E-state index contributed by atoms with van der Waals surface area (Å²) < 4.78 is 5.65. The van der Waals surface area contributed by atoms with Crippen LogP contribution >= 0.6 is 0 Å². The number of carbonyl (C=O) groups is 1. The standard InChI is InChI=1S/C21H25N7O2/c1-21(2,3)30-20(29)28-14-4-5-15(28)12-27(11-14)16-7-8-22-19-17(16)25-18(26-19)13-6-9-23-24-10-13/h6-10,14-15H,4-5,11-12H2,1-3H3,(H,22,25,26). The van der Waals surface area contributed by atoms with E-state index in [1.807, 2.05) is 37.8 Å². The maximum Gasteiger partial charge on any atom is 0.410 e. The van der Waals surface area contributed by atoms with Crippen molar-refractivity contribution in [3.05, 3.63) is 30.7 Å². The first-order valence-electron chi connectivity index (χ1n) is 10.3. The molecule has 156 valence electrons. The van der Waals surface area contributed by atoms with E-state index in [0.717, 1.165) is 48.5 Å². The summed E-state index contributed by atoms with van der Waals surface area (Å²) in [4.78, 5) is 29.5. The second-order valence-electron chi connectivity index (χ2n) is 8.92. The number of nitrogens with one attached hydrogen (secondary N) is 1. The van der Waals surface area contributed by atoms with E-state index >= 15 is 0 Å². The molecule has 0 aromatic carbocycles. The number of carbonyl (C=O) groups excluding carboxylic acids is 1. The summed E-state index contributed by atoms with van der Waals surface area (Å²) in [5.74, 6) is 0.718. The summed E-state index contributed by atoms with van der Waals surface area (Å²) >= 11 is 0. The van der Waals surface area contributed by atoms with Crippen LogP contribution in [-0.4, -0.2) is 66.9 Å². The van der Waals surface area contributed by atoms with Gasteiger partial charge in [-0.1, -0.05) is 0 Å². The first kappa shape index (κ1) is 18.8. The maximum absolute atomic E-state index is 12.7. The molecule has 1 amide bonds. The van der Waals surface area contributed by atoms with E-state index in [9.17, 15) is 4.79 Å². The van der Waals surface area contributed by atoms with Gasteiger partial charge in [0.25, 0.3) is 0 Å². The minimum Gasteiger partial charge on any atom is -0.444 e. The number of pyridine rings is 1. The second-order valence-corrected chi connectivity index (χ2v) is 8.92. The number of aromatic nitrogens is 5. The van der Waals surface area contributed by atoms with E-state index < -0.39 is 5.60 Å². The molecule has 2 atom stereocenters. The number of amides is 1. The van der Waals surface area contributed by atoms with Crippen LogP contribution in [0, 0.1) is 0 Å². The largest absolute Gasteiger partial charge is 0.444 e. The van der Waals surface area contributed by atoms with E-state index in [1.54, 1.807) is 18.6 Å². The number of anilines is 1. The fraction of sp³-hybridized carbons (Fsp3) is 0.476. The van der Waals surface area contributed by atoms with Gasteiger partial charge >= 0.3 is 6.09 Å². The molecule has 2 aliphatic rings. The lowest BCUT2D eigenvalue weighted by Crippen LogP contribution is -2.56. The van der Waals surface area contributed by atoms with E-state index in [4.69, 9.17) is 4.74 Å². The average molecular weight is 407 g/mol. The monoisotopic (exact) mass is 407 g/mol. The SMILES string of the molecule is CC(C)(C)OC(=O)N1C2CCC1CN(c1ccnc3nc(-c4ccnnc4)[nH]c13)C2. The third-order valence-corrected chi connectivity index (χ3v) is 5.65. The molecular weight excluding hydrogens is 382 g/mol. The predicted molar refractivity (Wildman–Crippen MR) is 112 cm³/mol. The second kappa shape index (κ2) is 6.93. The van der Waals surface area contributed by atoms with Crippen molar-refractivity contribution >= 4 is 22.9 Å². The first-order chi connectivity index (χ1) is 14.4. The number of rotatable bonds is 2. The Kier molecular flexibility index (Phi) is 4.34. The molecule has 0 aliphatic carbocycles. The van der Waals surface area contributed by atoms with Crippen LogP contribution < -0.4 is 4.90 Å². The van der Waals surface area contributed by atoms with E-state index in [-0.39, 0.29) is 18.2 Å². The van der Waals surface area contributed by atoms with Crippen LogP contribution in [0.2, 0.25) is 0 Å². The van der Waals surface area contributed by atoms with Gasteiger partial charge in [0.15, 0.2) is 5.65 Å². The number of H-pyrrole nitrogens is 1. The van der Waals surface area contributed by atoms with Crippen LogP contribution in [0.15, 0.2) is 30.7 Å². The number of hydrogen-bond donors (Lipinski definition) is 1. The molecule has 30 heavy (non-hydrogen) atoms. The summed E-state index contributed by atoms with van der Waals surface area (Å²) in [5.41, 5.74) is 3.00. The zero-order chi connectivity index (χ0) is 20.9. The predicted octanol–water partition coefficient (Wildman–Crippen LogP) is 3.00. The van der Waals surface area contributed by atoms with Crippen molar-refractivity contribution in [1.29, 1.82) is 0 Å². The molecule has 9 heteroatoms. The number of ether oxygens (including phenoxy) is 1. The first-order valence-corrected chi connectivity index (χ1v) is 10.3. The number of imidazole rings is 1. The molecule has 5 rings (SSSR count). The average Bonchev–Trinajstić information content (AvgIpc) is 3.26. The zero-order valence-electron chi connectivity index (χ0n) is 17.4. The van der Waals surface area contributed by atoms with Gasteiger partial charge in [-0.3, -0.25) is 4.90 Å². The molecule has 2 fully saturated rings. The summed E-state index contributed by atoms with van der Waals surface area (Å²) in [5, 5.41) is 7.76. The topological polar surface area (TPSA) is 100 Å². The Morgan fingerprint density at radius 1 is 1.13 bits per heavy atom. The van der Waals surface area contributed by atoms with Crippen molar-refractivity contribution in [3.8, 4) is 11.4 Å². The van der Waals surface area contributed by atoms with Crippen LogP contribution in [0.4, 0.5) is 10.5 Å². The Labute approximate surface area is 174 Å². The van der Waals surface area contributed by atoms with Crippen LogP contribution in [0.3, 0.4) is 0 Å². The molecule has 3 aromatic heterocycles. The van der Waals surface area contributed by atoms with Gasteiger partial charge in [-0.15, -0.1) is 0 Å². The highest BCUT2D eigenvalue weighted by Crippen LogP contribution is 2.36. The number of aromatic amines is 1. The van der Waals surface area contributed by atoms with Gasteiger partial charge in [-0.2, -0.15) is 10.2 Å². The molecular formula is C21H25N7O2. The Balaban J connectivity index is 1.42. The van der Waals surface area contributed by atoms with Gasteiger partial charge in [0.1, 0.15) is 16.9 Å². The van der Waals surface area contributed by atoms with Crippen LogP contribution in [-0.2, 0) is 4.74 Å². The molecule has 2 aliphatic heterocycles. The molecule has 9 nitrogen and oxygen atoms in total. The maximum atomic E-state index is 12.7. The fourth-order valence-corrected chi connectivity index (χ4v) is 4.44. The Hall–Kier alpha value is -3.23. The lowest BCUT2D eigenvalue weighted by Gasteiger charge is -2.42. The quantitative estimate of drug-likeness (QED) is 0.697. The van der Waals surface area contributed by atoms with Gasteiger partial charge < -0.3 is 14.6 Å². The van der Waals surface area contributed by atoms with Gasteiger partial charge in [0.2, 0.25) is 0 Å². The fourth-order valence-electron chi connectivity index (χ4n) is 4.44.